The molecule has 3 heterocycles. The summed E-state index contributed by atoms with van der Waals surface area (Å²) in [5.41, 5.74) is 1.99. The van der Waals surface area contributed by atoms with E-state index in [0.29, 0.717) is 36.8 Å². The molecule has 1 fully saturated rings. The van der Waals surface area contributed by atoms with Gasteiger partial charge in [0, 0.05) is 30.5 Å². The van der Waals surface area contributed by atoms with Crippen molar-refractivity contribution in [3.05, 3.63) is 82.0 Å². The summed E-state index contributed by atoms with van der Waals surface area (Å²) in [5.74, 6) is 1.04. The Bertz CT molecular complexity index is 1340. The molecule has 1 aliphatic heterocycles. The molecule has 0 aliphatic carbocycles. The van der Waals surface area contributed by atoms with E-state index in [1.807, 2.05) is 43.3 Å². The smallest absolute Gasteiger partial charge is 0.349 e. The van der Waals surface area contributed by atoms with Crippen molar-refractivity contribution < 1.29 is 13.7 Å². The monoisotopic (exact) mass is 429 g/mol. The number of amides is 1. The maximum atomic E-state index is 13.1. The molecule has 1 unspecified atom stereocenters. The Labute approximate surface area is 184 Å². The summed E-state index contributed by atoms with van der Waals surface area (Å²) < 4.78 is 10.8. The van der Waals surface area contributed by atoms with Crippen molar-refractivity contribution in [2.45, 2.75) is 26.2 Å². The fourth-order valence-electron chi connectivity index (χ4n) is 4.32. The Hall–Kier alpha value is -3.74. The lowest BCUT2D eigenvalue weighted by molar-refractivity contribution is 0.0664. The van der Waals surface area contributed by atoms with Gasteiger partial charge in [-0.15, -0.1) is 0 Å². The highest BCUT2D eigenvalue weighted by atomic mass is 16.5. The van der Waals surface area contributed by atoms with Gasteiger partial charge in [0.25, 0.3) is 5.91 Å². The number of aryl methyl sites for hydroxylation is 1. The molecule has 1 amide bonds. The van der Waals surface area contributed by atoms with Crippen molar-refractivity contribution in [3.63, 3.8) is 0 Å². The number of likely N-dealkylation sites (tertiary alicyclic amines) is 1. The van der Waals surface area contributed by atoms with Crippen LogP contribution >= 0.6 is 0 Å². The number of rotatable bonds is 4. The fraction of sp³-hybridized carbons (Fsp3) is 0.280. The van der Waals surface area contributed by atoms with Crippen LogP contribution in [0.1, 0.15) is 34.7 Å². The minimum Gasteiger partial charge on any atom is -0.422 e. The summed E-state index contributed by atoms with van der Waals surface area (Å²) in [5, 5.41) is 4.87. The Balaban J connectivity index is 1.31. The van der Waals surface area contributed by atoms with Gasteiger partial charge >= 0.3 is 5.63 Å². The Kier molecular flexibility index (Phi) is 5.31. The summed E-state index contributed by atoms with van der Waals surface area (Å²) in [6.45, 7) is 3.16. The van der Waals surface area contributed by atoms with E-state index in [2.05, 4.69) is 10.1 Å². The van der Waals surface area contributed by atoms with Crippen molar-refractivity contribution in [2.24, 2.45) is 5.92 Å². The molecule has 1 aliphatic rings. The zero-order chi connectivity index (χ0) is 22.1. The first-order valence-corrected chi connectivity index (χ1v) is 10.8. The van der Waals surface area contributed by atoms with Crippen LogP contribution < -0.4 is 5.63 Å². The lowest BCUT2D eigenvalue weighted by Crippen LogP contribution is -2.42. The van der Waals surface area contributed by atoms with E-state index in [1.165, 1.54) is 0 Å². The van der Waals surface area contributed by atoms with Crippen molar-refractivity contribution in [3.8, 4) is 11.4 Å². The number of carbonyl (C=O) groups is 1. The fourth-order valence-corrected chi connectivity index (χ4v) is 4.32. The number of para-hydroxylation sites is 1. The zero-order valence-corrected chi connectivity index (χ0v) is 17.8. The zero-order valence-electron chi connectivity index (χ0n) is 17.8. The number of hydrogen-bond acceptors (Lipinski definition) is 6. The molecule has 2 aromatic carbocycles. The minimum absolute atomic E-state index is 0.0731. The van der Waals surface area contributed by atoms with Crippen LogP contribution in [0.25, 0.3) is 22.4 Å². The molecule has 1 atom stereocenters. The Morgan fingerprint density at radius 2 is 1.97 bits per heavy atom. The van der Waals surface area contributed by atoms with Crippen molar-refractivity contribution in [2.75, 3.05) is 13.1 Å². The number of benzene rings is 2. The molecule has 0 radical (unpaired) electrons. The summed E-state index contributed by atoms with van der Waals surface area (Å²) in [7, 11) is 0. The second kappa shape index (κ2) is 8.42. The number of aromatic nitrogens is 2. The normalized spacial score (nSPS) is 16.4. The van der Waals surface area contributed by atoms with Gasteiger partial charge in [0.1, 0.15) is 11.1 Å². The van der Waals surface area contributed by atoms with Crippen LogP contribution in [0.4, 0.5) is 0 Å². The molecule has 7 heteroatoms. The van der Waals surface area contributed by atoms with Gasteiger partial charge in [-0.3, -0.25) is 4.79 Å². The molecule has 0 spiro atoms. The predicted molar refractivity (Wildman–Crippen MR) is 119 cm³/mol. The Morgan fingerprint density at radius 1 is 1.16 bits per heavy atom. The first kappa shape index (κ1) is 20.2. The van der Waals surface area contributed by atoms with Gasteiger partial charge in [0.2, 0.25) is 11.7 Å². The van der Waals surface area contributed by atoms with Gasteiger partial charge in [0.15, 0.2) is 0 Å². The van der Waals surface area contributed by atoms with E-state index >= 15 is 0 Å². The van der Waals surface area contributed by atoms with Crippen molar-refractivity contribution in [1.29, 1.82) is 0 Å². The molecule has 32 heavy (non-hydrogen) atoms. The van der Waals surface area contributed by atoms with Gasteiger partial charge in [-0.2, -0.15) is 4.98 Å². The molecular formula is C25H23N3O4. The van der Waals surface area contributed by atoms with Gasteiger partial charge in [-0.1, -0.05) is 47.6 Å². The summed E-state index contributed by atoms with van der Waals surface area (Å²) in [6.07, 6.45) is 2.40. The van der Waals surface area contributed by atoms with Crippen LogP contribution in [0.5, 0.6) is 0 Å². The van der Waals surface area contributed by atoms with Gasteiger partial charge < -0.3 is 13.8 Å². The molecule has 5 rings (SSSR count). The average molecular weight is 429 g/mol. The van der Waals surface area contributed by atoms with E-state index in [1.54, 1.807) is 23.1 Å². The molecule has 7 nitrogen and oxygen atoms in total. The van der Waals surface area contributed by atoms with Crippen LogP contribution in [0.3, 0.4) is 0 Å². The summed E-state index contributed by atoms with van der Waals surface area (Å²) >= 11 is 0. The van der Waals surface area contributed by atoms with E-state index in [-0.39, 0.29) is 17.4 Å². The van der Waals surface area contributed by atoms with E-state index < -0.39 is 5.63 Å². The predicted octanol–water partition coefficient (Wildman–Crippen LogP) is 4.25. The van der Waals surface area contributed by atoms with E-state index in [4.69, 9.17) is 8.94 Å². The number of carbonyl (C=O) groups excluding carboxylic acids is 1. The van der Waals surface area contributed by atoms with Crippen LogP contribution in [0.2, 0.25) is 0 Å². The highest BCUT2D eigenvalue weighted by molar-refractivity contribution is 5.96. The largest absolute Gasteiger partial charge is 0.422 e. The number of piperidine rings is 1. The second-order valence-electron chi connectivity index (χ2n) is 8.28. The standard InChI is InChI=1S/C25H23N3O4/c1-16-7-2-4-10-19(16)23-26-22(32-27-23)13-17-8-6-12-28(15-17)24(29)20-14-18-9-3-5-11-21(18)31-25(20)30/h2-5,7,9-11,14,17H,6,8,12-13,15H2,1H3. The third-order valence-electron chi connectivity index (χ3n) is 6.00. The van der Waals surface area contributed by atoms with Crippen LogP contribution in [0, 0.1) is 12.8 Å². The van der Waals surface area contributed by atoms with Crippen LogP contribution in [-0.2, 0) is 6.42 Å². The first-order valence-electron chi connectivity index (χ1n) is 10.8. The molecule has 0 saturated carbocycles. The lowest BCUT2D eigenvalue weighted by Gasteiger charge is -2.32. The molecule has 0 N–H and O–H groups in total. The summed E-state index contributed by atoms with van der Waals surface area (Å²) in [4.78, 5) is 31.8. The van der Waals surface area contributed by atoms with Gasteiger partial charge in [0.05, 0.1) is 0 Å². The number of hydrogen-bond donors (Lipinski definition) is 0. The number of nitrogens with zero attached hydrogens (tertiary/aromatic N) is 3. The van der Waals surface area contributed by atoms with Crippen LogP contribution in [-0.4, -0.2) is 34.0 Å². The average Bonchev–Trinajstić information content (AvgIpc) is 3.27. The molecule has 4 aromatic rings. The molecular weight excluding hydrogens is 406 g/mol. The molecule has 0 bridgehead atoms. The molecule has 162 valence electrons. The molecule has 2 aromatic heterocycles. The second-order valence-corrected chi connectivity index (χ2v) is 8.28. The third-order valence-corrected chi connectivity index (χ3v) is 6.00. The van der Waals surface area contributed by atoms with Crippen LogP contribution in [0.15, 0.2) is 68.3 Å². The van der Waals surface area contributed by atoms with Crippen molar-refractivity contribution in [1.82, 2.24) is 15.0 Å². The summed E-state index contributed by atoms with van der Waals surface area (Å²) in [6, 6.07) is 16.7. The van der Waals surface area contributed by atoms with Gasteiger partial charge in [-0.25, -0.2) is 4.79 Å². The number of fused-ring (bicyclic) bond motifs is 1. The Morgan fingerprint density at radius 3 is 2.84 bits per heavy atom. The van der Waals surface area contributed by atoms with E-state index in [0.717, 1.165) is 29.4 Å². The van der Waals surface area contributed by atoms with Crippen molar-refractivity contribution >= 4 is 16.9 Å². The topological polar surface area (TPSA) is 89.4 Å². The molecule has 1 saturated heterocycles. The quantitative estimate of drug-likeness (QED) is 0.451. The first-order chi connectivity index (χ1) is 15.6. The highest BCUT2D eigenvalue weighted by Crippen LogP contribution is 2.24. The minimum atomic E-state index is -0.601. The lowest BCUT2D eigenvalue weighted by atomic mass is 9.94. The SMILES string of the molecule is Cc1ccccc1-c1noc(CC2CCCN(C(=O)c3cc4ccccc4oc3=O)C2)n1. The maximum Gasteiger partial charge on any atom is 0.349 e. The van der Waals surface area contributed by atoms with Gasteiger partial charge in [-0.05, 0) is 43.4 Å². The third kappa shape index (κ3) is 3.93. The van der Waals surface area contributed by atoms with E-state index in [9.17, 15) is 9.59 Å². The maximum absolute atomic E-state index is 13.1. The highest BCUT2D eigenvalue weighted by Gasteiger charge is 2.28.